The maximum atomic E-state index is 11.6. The molecule has 0 radical (unpaired) electrons. The standard InChI is InChI=1S/C16H20N6O4S.C5H10O2/c1-27(25,26)13-4-2-11(3-5-13)20-15-14(22(23)24)16(19-10-18-15)21-12-6-8-17-9-7-12;1-5(2,3)7-4-6/h2-5,10,12,17H,6-9H2,1H3,(H2,18,19,20,21);4H,1-3H3. The fraction of sp³-hybridized carbons (Fsp3) is 0.476. The van der Waals surface area contributed by atoms with Crippen LogP contribution in [0.25, 0.3) is 0 Å². The highest BCUT2D eigenvalue weighted by molar-refractivity contribution is 7.90. The Morgan fingerprint density at radius 1 is 1.15 bits per heavy atom. The van der Waals surface area contributed by atoms with E-state index in [1.165, 1.54) is 30.6 Å². The van der Waals surface area contributed by atoms with Gasteiger partial charge < -0.3 is 20.7 Å². The molecule has 12 nitrogen and oxygen atoms in total. The van der Waals surface area contributed by atoms with Crippen molar-refractivity contribution < 1.29 is 22.9 Å². The Balaban J connectivity index is 0.000000509. The van der Waals surface area contributed by atoms with Crippen molar-refractivity contribution in [3.63, 3.8) is 0 Å². The highest BCUT2D eigenvalue weighted by Crippen LogP contribution is 2.32. The third-order valence-corrected chi connectivity index (χ3v) is 5.76. The molecule has 13 heteroatoms. The summed E-state index contributed by atoms with van der Waals surface area (Å²) in [6, 6.07) is 6.02. The molecular weight excluding hydrogens is 464 g/mol. The zero-order valence-electron chi connectivity index (χ0n) is 19.6. The zero-order chi connectivity index (χ0) is 25.4. The van der Waals surface area contributed by atoms with E-state index in [1.807, 2.05) is 20.8 Å². The summed E-state index contributed by atoms with van der Waals surface area (Å²) in [4.78, 5) is 28.9. The van der Waals surface area contributed by atoms with E-state index < -0.39 is 14.8 Å². The van der Waals surface area contributed by atoms with Crippen molar-refractivity contribution >= 4 is 39.3 Å². The summed E-state index contributed by atoms with van der Waals surface area (Å²) < 4.78 is 27.6. The van der Waals surface area contributed by atoms with Crippen LogP contribution in [0.3, 0.4) is 0 Å². The van der Waals surface area contributed by atoms with Gasteiger partial charge >= 0.3 is 5.69 Å². The summed E-state index contributed by atoms with van der Waals surface area (Å²) in [6.45, 7) is 7.60. The summed E-state index contributed by atoms with van der Waals surface area (Å²) >= 11 is 0. The summed E-state index contributed by atoms with van der Waals surface area (Å²) in [5, 5.41) is 20.9. The van der Waals surface area contributed by atoms with Gasteiger partial charge in [0, 0.05) is 18.0 Å². The molecule has 1 aliphatic rings. The van der Waals surface area contributed by atoms with Gasteiger partial charge in [0.15, 0.2) is 9.84 Å². The minimum absolute atomic E-state index is 0.0403. The van der Waals surface area contributed by atoms with E-state index in [1.54, 1.807) is 0 Å². The highest BCUT2D eigenvalue weighted by Gasteiger charge is 2.25. The molecule has 0 unspecified atom stereocenters. The van der Waals surface area contributed by atoms with Crippen LogP contribution in [-0.2, 0) is 19.4 Å². The maximum Gasteiger partial charge on any atom is 0.353 e. The number of aromatic nitrogens is 2. The lowest BCUT2D eigenvalue weighted by atomic mass is 10.1. The molecule has 3 rings (SSSR count). The fourth-order valence-corrected chi connectivity index (χ4v) is 3.61. The molecule has 0 bridgehead atoms. The molecule has 34 heavy (non-hydrogen) atoms. The van der Waals surface area contributed by atoms with E-state index >= 15 is 0 Å². The van der Waals surface area contributed by atoms with Crippen molar-refractivity contribution in [2.24, 2.45) is 0 Å². The van der Waals surface area contributed by atoms with Crippen LogP contribution < -0.4 is 16.0 Å². The molecule has 0 atom stereocenters. The van der Waals surface area contributed by atoms with E-state index in [-0.39, 0.29) is 33.9 Å². The lowest BCUT2D eigenvalue weighted by Gasteiger charge is -2.24. The van der Waals surface area contributed by atoms with Crippen LogP contribution in [0.5, 0.6) is 0 Å². The SMILES string of the molecule is CC(C)(C)OC=O.CS(=O)(=O)c1ccc(Nc2ncnc(NC3CCNCC3)c2[N+](=O)[O-])cc1. The van der Waals surface area contributed by atoms with E-state index in [0.29, 0.717) is 12.2 Å². The summed E-state index contributed by atoms with van der Waals surface area (Å²) in [6.07, 6.45) is 4.06. The van der Waals surface area contributed by atoms with Gasteiger partial charge in [-0.2, -0.15) is 0 Å². The number of carbonyl (C=O) groups excluding carboxylic acids is 1. The number of sulfone groups is 1. The average molecular weight is 495 g/mol. The monoisotopic (exact) mass is 494 g/mol. The number of nitro groups is 1. The Morgan fingerprint density at radius 2 is 1.74 bits per heavy atom. The van der Waals surface area contributed by atoms with Gasteiger partial charge in [-0.3, -0.25) is 14.9 Å². The van der Waals surface area contributed by atoms with E-state index in [2.05, 4.69) is 30.7 Å². The van der Waals surface area contributed by atoms with E-state index in [4.69, 9.17) is 0 Å². The van der Waals surface area contributed by atoms with Crippen LogP contribution in [0, 0.1) is 10.1 Å². The maximum absolute atomic E-state index is 11.6. The van der Waals surface area contributed by atoms with Gasteiger partial charge in [0.25, 0.3) is 6.47 Å². The Morgan fingerprint density at radius 3 is 2.21 bits per heavy atom. The third-order valence-electron chi connectivity index (χ3n) is 4.63. The van der Waals surface area contributed by atoms with Crippen LogP contribution >= 0.6 is 0 Å². The van der Waals surface area contributed by atoms with Crippen molar-refractivity contribution in [3.05, 3.63) is 40.7 Å². The fourth-order valence-electron chi connectivity index (χ4n) is 2.97. The molecule has 1 aliphatic heterocycles. The van der Waals surface area contributed by atoms with E-state index in [0.717, 1.165) is 32.2 Å². The smallest absolute Gasteiger partial charge is 0.353 e. The topological polar surface area (TPSA) is 165 Å². The third kappa shape index (κ3) is 8.56. The molecular formula is C21H30N6O6S. The lowest BCUT2D eigenvalue weighted by Crippen LogP contribution is -2.35. The number of piperidine rings is 1. The molecule has 0 aliphatic carbocycles. The minimum Gasteiger partial charge on any atom is -0.462 e. The van der Waals surface area contributed by atoms with Crippen molar-refractivity contribution in [1.82, 2.24) is 15.3 Å². The van der Waals surface area contributed by atoms with Gasteiger partial charge in [0.05, 0.1) is 9.82 Å². The molecule has 1 fully saturated rings. The van der Waals surface area contributed by atoms with E-state index in [9.17, 15) is 23.3 Å². The van der Waals surface area contributed by atoms with Crippen molar-refractivity contribution in [3.8, 4) is 0 Å². The number of nitrogens with one attached hydrogen (secondary N) is 3. The largest absolute Gasteiger partial charge is 0.462 e. The number of carbonyl (C=O) groups is 1. The first-order valence-electron chi connectivity index (χ1n) is 10.6. The average Bonchev–Trinajstić information content (AvgIpc) is 2.74. The normalized spacial score (nSPS) is 14.4. The van der Waals surface area contributed by atoms with Gasteiger partial charge in [-0.05, 0) is 71.0 Å². The van der Waals surface area contributed by atoms with Crippen molar-refractivity contribution in [1.29, 1.82) is 0 Å². The van der Waals surface area contributed by atoms with Gasteiger partial charge in [0.1, 0.15) is 11.9 Å². The zero-order valence-corrected chi connectivity index (χ0v) is 20.4. The molecule has 3 N–H and O–H groups in total. The minimum atomic E-state index is -3.31. The highest BCUT2D eigenvalue weighted by atomic mass is 32.2. The molecule has 0 amide bonds. The molecule has 0 saturated carbocycles. The molecule has 2 aromatic rings. The molecule has 1 aromatic heterocycles. The number of anilines is 3. The molecule has 1 saturated heterocycles. The number of benzene rings is 1. The summed E-state index contributed by atoms with van der Waals surface area (Å²) in [5.41, 5.74) is -0.0814. The Kier molecular flexibility index (Phi) is 9.27. The molecule has 1 aromatic carbocycles. The molecule has 0 spiro atoms. The second-order valence-corrected chi connectivity index (χ2v) is 10.6. The van der Waals surface area contributed by atoms with Gasteiger partial charge in [-0.25, -0.2) is 18.4 Å². The number of hydrogen-bond donors (Lipinski definition) is 3. The number of nitrogens with zero attached hydrogens (tertiary/aromatic N) is 3. The Labute approximate surface area is 198 Å². The first-order valence-corrected chi connectivity index (χ1v) is 12.4. The van der Waals surface area contributed by atoms with Crippen molar-refractivity contribution in [2.75, 3.05) is 30.0 Å². The Hall–Kier alpha value is -3.32. The lowest BCUT2D eigenvalue weighted by molar-refractivity contribution is -0.383. The second-order valence-electron chi connectivity index (χ2n) is 8.59. The van der Waals surface area contributed by atoms with Gasteiger partial charge in [-0.15, -0.1) is 0 Å². The predicted molar refractivity (Wildman–Crippen MR) is 128 cm³/mol. The van der Waals surface area contributed by atoms with Crippen molar-refractivity contribution in [2.45, 2.75) is 50.2 Å². The van der Waals surface area contributed by atoms with Gasteiger partial charge in [-0.1, -0.05) is 0 Å². The number of hydrogen-bond acceptors (Lipinski definition) is 11. The Bertz CT molecular complexity index is 1080. The quantitative estimate of drug-likeness (QED) is 0.294. The van der Waals surface area contributed by atoms with Crippen LogP contribution in [0.15, 0.2) is 35.5 Å². The van der Waals surface area contributed by atoms with Gasteiger partial charge in [0.2, 0.25) is 11.6 Å². The predicted octanol–water partition coefficient (Wildman–Crippen LogP) is 2.65. The van der Waals surface area contributed by atoms with Crippen LogP contribution in [0.2, 0.25) is 0 Å². The summed E-state index contributed by atoms with van der Waals surface area (Å²) in [7, 11) is -3.31. The first-order chi connectivity index (χ1) is 15.9. The number of ether oxygens (including phenoxy) is 1. The van der Waals surface area contributed by atoms with Crippen LogP contribution in [0.4, 0.5) is 23.0 Å². The first kappa shape index (κ1) is 26.9. The molecule has 186 valence electrons. The van der Waals surface area contributed by atoms with Crippen LogP contribution in [-0.4, -0.2) is 60.8 Å². The summed E-state index contributed by atoms with van der Waals surface area (Å²) in [5.74, 6) is 0.204. The number of rotatable bonds is 7. The second kappa shape index (κ2) is 11.7. The van der Waals surface area contributed by atoms with Crippen LogP contribution in [0.1, 0.15) is 33.6 Å². The molecule has 2 heterocycles.